The minimum atomic E-state index is 0.110. The number of rotatable bonds is 7. The number of hydrogen-bond donors (Lipinski definition) is 2. The number of nitrogens with one attached hydrogen (secondary N) is 1. The first kappa shape index (κ1) is 15.3. The van der Waals surface area contributed by atoms with Gasteiger partial charge in [-0.1, -0.05) is 0 Å². The lowest BCUT2D eigenvalue weighted by atomic mass is 10.1. The highest BCUT2D eigenvalue weighted by molar-refractivity contribution is 5.61. The van der Waals surface area contributed by atoms with E-state index in [1.54, 1.807) is 6.26 Å². The number of benzene rings is 1. The predicted molar refractivity (Wildman–Crippen MR) is 86.7 cm³/mol. The third-order valence-electron chi connectivity index (χ3n) is 3.19. The standard InChI is InChI=1S/C17H24N2O2/c1-12(2)21-17-11-14(7-9-16(17)18)19-13(3)6-8-15-5-4-10-20-15/h4-5,7,9-13,19H,6,8,18H2,1-3H3. The quantitative estimate of drug-likeness (QED) is 0.754. The van der Waals surface area contributed by atoms with Crippen molar-refractivity contribution in [2.45, 2.75) is 45.8 Å². The van der Waals surface area contributed by atoms with Crippen LogP contribution in [0.2, 0.25) is 0 Å². The molecule has 0 amide bonds. The van der Waals surface area contributed by atoms with Gasteiger partial charge in [-0.05, 0) is 51.5 Å². The molecule has 1 heterocycles. The van der Waals surface area contributed by atoms with Crippen LogP contribution in [0.3, 0.4) is 0 Å². The Bertz CT molecular complexity index is 550. The van der Waals surface area contributed by atoms with Crippen molar-refractivity contribution in [3.05, 3.63) is 42.4 Å². The monoisotopic (exact) mass is 288 g/mol. The van der Waals surface area contributed by atoms with Gasteiger partial charge in [0.1, 0.15) is 11.5 Å². The van der Waals surface area contributed by atoms with Crippen LogP contribution in [0.1, 0.15) is 33.0 Å². The second-order valence-electron chi connectivity index (χ2n) is 5.58. The number of anilines is 2. The first-order chi connectivity index (χ1) is 10.0. The van der Waals surface area contributed by atoms with Gasteiger partial charge < -0.3 is 20.2 Å². The molecule has 1 aromatic carbocycles. The van der Waals surface area contributed by atoms with E-state index in [0.29, 0.717) is 11.7 Å². The van der Waals surface area contributed by atoms with E-state index in [1.807, 2.05) is 44.2 Å². The average Bonchev–Trinajstić information content (AvgIpc) is 2.93. The largest absolute Gasteiger partial charge is 0.489 e. The summed E-state index contributed by atoms with van der Waals surface area (Å²) in [4.78, 5) is 0. The van der Waals surface area contributed by atoms with Gasteiger partial charge in [-0.15, -0.1) is 0 Å². The van der Waals surface area contributed by atoms with E-state index >= 15 is 0 Å². The van der Waals surface area contributed by atoms with E-state index in [9.17, 15) is 0 Å². The van der Waals surface area contributed by atoms with Crippen LogP contribution >= 0.6 is 0 Å². The fraction of sp³-hybridized carbons (Fsp3) is 0.412. The molecule has 1 unspecified atom stereocenters. The zero-order valence-electron chi connectivity index (χ0n) is 12.9. The van der Waals surface area contributed by atoms with Crippen molar-refractivity contribution in [1.82, 2.24) is 0 Å². The van der Waals surface area contributed by atoms with Crippen LogP contribution in [-0.4, -0.2) is 12.1 Å². The Morgan fingerprint density at radius 2 is 2.05 bits per heavy atom. The smallest absolute Gasteiger partial charge is 0.144 e. The molecule has 4 heteroatoms. The van der Waals surface area contributed by atoms with Crippen LogP contribution in [0.15, 0.2) is 41.0 Å². The van der Waals surface area contributed by atoms with Crippen LogP contribution in [0, 0.1) is 0 Å². The number of ether oxygens (including phenoxy) is 1. The molecule has 0 saturated carbocycles. The van der Waals surface area contributed by atoms with E-state index in [2.05, 4.69) is 12.2 Å². The van der Waals surface area contributed by atoms with Crippen molar-refractivity contribution in [2.75, 3.05) is 11.1 Å². The maximum atomic E-state index is 5.93. The van der Waals surface area contributed by atoms with Crippen molar-refractivity contribution < 1.29 is 9.15 Å². The molecule has 2 rings (SSSR count). The molecule has 114 valence electrons. The van der Waals surface area contributed by atoms with Crippen LogP contribution in [0.4, 0.5) is 11.4 Å². The second kappa shape index (κ2) is 7.07. The van der Waals surface area contributed by atoms with Gasteiger partial charge >= 0.3 is 0 Å². The second-order valence-corrected chi connectivity index (χ2v) is 5.58. The van der Waals surface area contributed by atoms with Crippen molar-refractivity contribution in [3.8, 4) is 5.75 Å². The molecule has 1 aromatic heterocycles. The maximum absolute atomic E-state index is 5.93. The van der Waals surface area contributed by atoms with Gasteiger partial charge in [-0.2, -0.15) is 0 Å². The SMILES string of the molecule is CC(CCc1ccco1)Nc1ccc(N)c(OC(C)C)c1. The summed E-state index contributed by atoms with van der Waals surface area (Å²) in [7, 11) is 0. The molecule has 0 aliphatic heterocycles. The number of furan rings is 1. The maximum Gasteiger partial charge on any atom is 0.144 e. The molecule has 4 nitrogen and oxygen atoms in total. The molecule has 0 fully saturated rings. The molecule has 0 aliphatic carbocycles. The zero-order valence-corrected chi connectivity index (χ0v) is 12.9. The van der Waals surface area contributed by atoms with E-state index < -0.39 is 0 Å². The van der Waals surface area contributed by atoms with Gasteiger partial charge in [0.2, 0.25) is 0 Å². The van der Waals surface area contributed by atoms with Gasteiger partial charge in [-0.3, -0.25) is 0 Å². The summed E-state index contributed by atoms with van der Waals surface area (Å²) in [6.07, 6.45) is 3.74. The zero-order chi connectivity index (χ0) is 15.2. The Morgan fingerprint density at radius 1 is 1.24 bits per heavy atom. The Balaban J connectivity index is 1.92. The van der Waals surface area contributed by atoms with Gasteiger partial charge in [0, 0.05) is 24.2 Å². The predicted octanol–water partition coefficient (Wildman–Crippen LogP) is 4.08. The molecule has 1 atom stereocenters. The van der Waals surface area contributed by atoms with Gasteiger partial charge in [0.05, 0.1) is 18.1 Å². The minimum Gasteiger partial charge on any atom is -0.489 e. The summed E-state index contributed by atoms with van der Waals surface area (Å²) < 4.78 is 11.1. The van der Waals surface area contributed by atoms with Crippen molar-refractivity contribution in [1.29, 1.82) is 0 Å². The molecule has 0 saturated heterocycles. The van der Waals surface area contributed by atoms with Crippen LogP contribution in [0.25, 0.3) is 0 Å². The van der Waals surface area contributed by atoms with Crippen LogP contribution < -0.4 is 15.8 Å². The van der Waals surface area contributed by atoms with Crippen LogP contribution in [-0.2, 0) is 6.42 Å². The molecular formula is C17H24N2O2. The summed E-state index contributed by atoms with van der Waals surface area (Å²) in [6, 6.07) is 10.1. The van der Waals surface area contributed by atoms with E-state index in [-0.39, 0.29) is 6.10 Å². The number of nitrogens with two attached hydrogens (primary N) is 1. The van der Waals surface area contributed by atoms with Gasteiger partial charge in [0.25, 0.3) is 0 Å². The fourth-order valence-corrected chi connectivity index (χ4v) is 2.15. The Kier molecular flexibility index (Phi) is 5.14. The third kappa shape index (κ3) is 4.74. The highest BCUT2D eigenvalue weighted by Gasteiger charge is 2.08. The molecule has 2 aromatic rings. The molecule has 21 heavy (non-hydrogen) atoms. The number of aryl methyl sites for hydroxylation is 1. The summed E-state index contributed by atoms with van der Waals surface area (Å²) in [5, 5.41) is 3.47. The highest BCUT2D eigenvalue weighted by atomic mass is 16.5. The number of nitrogen functional groups attached to an aromatic ring is 1. The Hall–Kier alpha value is -2.10. The summed E-state index contributed by atoms with van der Waals surface area (Å²) in [5.74, 6) is 1.75. The number of hydrogen-bond acceptors (Lipinski definition) is 4. The molecule has 0 bridgehead atoms. The molecule has 3 N–H and O–H groups in total. The first-order valence-corrected chi connectivity index (χ1v) is 7.39. The lowest BCUT2D eigenvalue weighted by Crippen LogP contribution is -2.16. The molecule has 0 spiro atoms. The Morgan fingerprint density at radius 3 is 2.71 bits per heavy atom. The van der Waals surface area contributed by atoms with E-state index in [0.717, 1.165) is 30.0 Å². The van der Waals surface area contributed by atoms with E-state index in [4.69, 9.17) is 14.9 Å². The normalized spacial score (nSPS) is 12.4. The van der Waals surface area contributed by atoms with Crippen molar-refractivity contribution in [2.24, 2.45) is 0 Å². The van der Waals surface area contributed by atoms with Crippen molar-refractivity contribution in [3.63, 3.8) is 0 Å². The third-order valence-corrected chi connectivity index (χ3v) is 3.19. The lowest BCUT2D eigenvalue weighted by Gasteiger charge is -2.17. The minimum absolute atomic E-state index is 0.110. The van der Waals surface area contributed by atoms with Crippen LogP contribution in [0.5, 0.6) is 5.75 Å². The lowest BCUT2D eigenvalue weighted by molar-refractivity contribution is 0.244. The molecular weight excluding hydrogens is 264 g/mol. The van der Waals surface area contributed by atoms with Gasteiger partial charge in [0.15, 0.2) is 0 Å². The van der Waals surface area contributed by atoms with Crippen molar-refractivity contribution >= 4 is 11.4 Å². The average molecular weight is 288 g/mol. The van der Waals surface area contributed by atoms with Gasteiger partial charge in [-0.25, -0.2) is 0 Å². The molecule has 0 aliphatic rings. The topological polar surface area (TPSA) is 60.4 Å². The summed E-state index contributed by atoms with van der Waals surface area (Å²) in [6.45, 7) is 6.14. The first-order valence-electron chi connectivity index (χ1n) is 7.39. The molecule has 0 radical (unpaired) electrons. The Labute approximate surface area is 126 Å². The highest BCUT2D eigenvalue weighted by Crippen LogP contribution is 2.27. The fourth-order valence-electron chi connectivity index (χ4n) is 2.15. The van der Waals surface area contributed by atoms with E-state index in [1.165, 1.54) is 0 Å². The summed E-state index contributed by atoms with van der Waals surface area (Å²) in [5.41, 5.74) is 7.61. The summed E-state index contributed by atoms with van der Waals surface area (Å²) >= 11 is 0.